The van der Waals surface area contributed by atoms with Gasteiger partial charge in [0.25, 0.3) is 0 Å². The number of methoxy groups -OCH3 is 1. The fraction of sp³-hybridized carbons (Fsp3) is 0.667. The molecule has 1 aliphatic heterocycles. The molecule has 1 saturated carbocycles. The summed E-state index contributed by atoms with van der Waals surface area (Å²) in [7, 11) is 3.64. The van der Waals surface area contributed by atoms with Gasteiger partial charge in [0, 0.05) is 39.8 Å². The number of benzene rings is 1. The summed E-state index contributed by atoms with van der Waals surface area (Å²) in [6.07, 6.45) is 7.40. The molecule has 5 heteroatoms. The fourth-order valence-corrected chi connectivity index (χ4v) is 4.30. The minimum Gasteiger partial charge on any atom is -0.493 e. The van der Waals surface area contributed by atoms with Crippen molar-refractivity contribution in [2.45, 2.75) is 44.4 Å². The van der Waals surface area contributed by atoms with E-state index in [0.717, 1.165) is 50.9 Å². The van der Waals surface area contributed by atoms with Gasteiger partial charge in [-0.15, -0.1) is 0 Å². The molecule has 1 aliphatic carbocycles. The summed E-state index contributed by atoms with van der Waals surface area (Å²) in [5.74, 6) is 2.39. The van der Waals surface area contributed by atoms with Crippen LogP contribution in [-0.2, 0) is 4.74 Å². The van der Waals surface area contributed by atoms with E-state index in [2.05, 4.69) is 33.8 Å². The minimum atomic E-state index is 0.360. The van der Waals surface area contributed by atoms with Gasteiger partial charge in [-0.05, 0) is 42.7 Å². The highest BCUT2D eigenvalue weighted by Crippen LogP contribution is 2.40. The van der Waals surface area contributed by atoms with Crippen LogP contribution in [0.3, 0.4) is 0 Å². The van der Waals surface area contributed by atoms with E-state index in [9.17, 15) is 0 Å². The number of para-hydroxylation sites is 1. The number of fused-ring (bicyclic) bond motifs is 1. The maximum atomic E-state index is 5.77. The molecule has 144 valence electrons. The summed E-state index contributed by atoms with van der Waals surface area (Å²) in [5, 5.41) is 7.11. The Morgan fingerprint density at radius 1 is 1.27 bits per heavy atom. The molecule has 26 heavy (non-hydrogen) atoms. The molecule has 1 heterocycles. The van der Waals surface area contributed by atoms with Crippen molar-refractivity contribution in [1.29, 1.82) is 0 Å². The first-order valence-corrected chi connectivity index (χ1v) is 9.91. The van der Waals surface area contributed by atoms with E-state index in [1.54, 1.807) is 7.11 Å². The molecule has 2 N–H and O–H groups in total. The zero-order chi connectivity index (χ0) is 18.2. The molecule has 1 aromatic carbocycles. The van der Waals surface area contributed by atoms with Crippen LogP contribution in [0.2, 0.25) is 0 Å². The Labute approximate surface area is 157 Å². The van der Waals surface area contributed by atoms with Crippen molar-refractivity contribution in [3.05, 3.63) is 29.8 Å². The second-order valence-electron chi connectivity index (χ2n) is 7.63. The Hall–Kier alpha value is -1.75. The van der Waals surface area contributed by atoms with Crippen LogP contribution in [0.25, 0.3) is 0 Å². The SMILES string of the molecule is CN=C(NCC1CCOc2ccccc21)NCC1(CCOC)CCCC1. The number of nitrogens with zero attached hydrogens (tertiary/aromatic N) is 1. The predicted molar refractivity (Wildman–Crippen MR) is 106 cm³/mol. The van der Waals surface area contributed by atoms with Gasteiger partial charge >= 0.3 is 0 Å². The lowest BCUT2D eigenvalue weighted by molar-refractivity contribution is 0.138. The molecule has 0 amide bonds. The average Bonchev–Trinajstić information content (AvgIpc) is 3.16. The molecular formula is C21H33N3O2. The Kier molecular flexibility index (Phi) is 6.78. The second kappa shape index (κ2) is 9.26. The lowest BCUT2D eigenvalue weighted by atomic mass is 9.83. The van der Waals surface area contributed by atoms with Crippen LogP contribution in [0.5, 0.6) is 5.75 Å². The van der Waals surface area contributed by atoms with E-state index in [0.29, 0.717) is 11.3 Å². The van der Waals surface area contributed by atoms with Crippen LogP contribution in [-0.4, -0.2) is 46.4 Å². The molecule has 1 unspecified atom stereocenters. The van der Waals surface area contributed by atoms with Gasteiger partial charge in [0.1, 0.15) is 5.75 Å². The van der Waals surface area contributed by atoms with Gasteiger partial charge < -0.3 is 20.1 Å². The molecule has 5 nitrogen and oxygen atoms in total. The van der Waals surface area contributed by atoms with Crippen molar-refractivity contribution in [2.75, 3.05) is 40.5 Å². The molecule has 1 atom stereocenters. The second-order valence-corrected chi connectivity index (χ2v) is 7.63. The van der Waals surface area contributed by atoms with Gasteiger partial charge in [-0.3, -0.25) is 4.99 Å². The maximum absolute atomic E-state index is 5.77. The van der Waals surface area contributed by atoms with Gasteiger partial charge in [0.2, 0.25) is 0 Å². The topological polar surface area (TPSA) is 54.9 Å². The molecule has 0 saturated heterocycles. The van der Waals surface area contributed by atoms with Crippen molar-refractivity contribution in [1.82, 2.24) is 10.6 Å². The summed E-state index contributed by atoms with van der Waals surface area (Å²) >= 11 is 0. The van der Waals surface area contributed by atoms with Crippen molar-refractivity contribution in [2.24, 2.45) is 10.4 Å². The lowest BCUT2D eigenvalue weighted by Crippen LogP contribution is -2.44. The Morgan fingerprint density at radius 2 is 2.08 bits per heavy atom. The molecule has 3 rings (SSSR count). The van der Waals surface area contributed by atoms with E-state index in [1.807, 2.05) is 13.1 Å². The van der Waals surface area contributed by atoms with Gasteiger partial charge in [-0.25, -0.2) is 0 Å². The number of rotatable bonds is 7. The Morgan fingerprint density at radius 3 is 2.85 bits per heavy atom. The molecule has 2 aliphatic rings. The van der Waals surface area contributed by atoms with Crippen molar-refractivity contribution in [3.63, 3.8) is 0 Å². The van der Waals surface area contributed by atoms with Gasteiger partial charge in [-0.2, -0.15) is 0 Å². The molecule has 0 bridgehead atoms. The summed E-state index contributed by atoms with van der Waals surface area (Å²) in [6.45, 7) is 3.48. The first-order valence-electron chi connectivity index (χ1n) is 9.91. The Bertz CT molecular complexity index is 597. The van der Waals surface area contributed by atoms with Crippen molar-refractivity contribution in [3.8, 4) is 5.75 Å². The van der Waals surface area contributed by atoms with Gasteiger partial charge in [0.05, 0.1) is 6.61 Å². The number of aliphatic imine (C=N–C) groups is 1. The smallest absolute Gasteiger partial charge is 0.191 e. The van der Waals surface area contributed by atoms with E-state index in [-0.39, 0.29) is 0 Å². The van der Waals surface area contributed by atoms with Crippen LogP contribution in [0.15, 0.2) is 29.3 Å². The zero-order valence-electron chi connectivity index (χ0n) is 16.2. The third-order valence-electron chi connectivity index (χ3n) is 5.95. The van der Waals surface area contributed by atoms with E-state index in [1.165, 1.54) is 31.2 Å². The summed E-state index contributed by atoms with van der Waals surface area (Å²) in [5.41, 5.74) is 1.66. The van der Waals surface area contributed by atoms with Gasteiger partial charge in [0.15, 0.2) is 5.96 Å². The molecule has 1 aromatic rings. The molecule has 0 radical (unpaired) electrons. The largest absolute Gasteiger partial charge is 0.493 e. The zero-order valence-corrected chi connectivity index (χ0v) is 16.2. The van der Waals surface area contributed by atoms with Crippen LogP contribution in [0.4, 0.5) is 0 Å². The standard InChI is InChI=1S/C21H33N3O2/c1-22-20(24-16-21(12-14-25-2)10-5-6-11-21)23-15-17-9-13-26-19-8-4-3-7-18(17)19/h3-4,7-8,17H,5-6,9-16H2,1-2H3,(H2,22,23,24). The first-order chi connectivity index (χ1) is 12.8. The lowest BCUT2D eigenvalue weighted by Gasteiger charge is -2.30. The molecule has 0 aromatic heterocycles. The number of ether oxygens (including phenoxy) is 2. The first kappa shape index (κ1) is 19.0. The third kappa shape index (κ3) is 4.70. The van der Waals surface area contributed by atoms with Crippen LogP contribution < -0.4 is 15.4 Å². The average molecular weight is 360 g/mol. The normalized spacial score (nSPS) is 21.8. The summed E-state index contributed by atoms with van der Waals surface area (Å²) in [4.78, 5) is 4.43. The van der Waals surface area contributed by atoms with Crippen molar-refractivity contribution < 1.29 is 9.47 Å². The molecule has 1 fully saturated rings. The number of hydrogen-bond donors (Lipinski definition) is 2. The van der Waals surface area contributed by atoms with E-state index < -0.39 is 0 Å². The molecule has 0 spiro atoms. The van der Waals surface area contributed by atoms with Crippen molar-refractivity contribution >= 4 is 5.96 Å². The number of guanidine groups is 1. The fourth-order valence-electron chi connectivity index (χ4n) is 4.30. The van der Waals surface area contributed by atoms with E-state index >= 15 is 0 Å². The monoisotopic (exact) mass is 359 g/mol. The van der Waals surface area contributed by atoms with Crippen LogP contribution in [0.1, 0.15) is 50.0 Å². The number of hydrogen-bond acceptors (Lipinski definition) is 3. The highest BCUT2D eigenvalue weighted by Gasteiger charge is 2.33. The summed E-state index contributed by atoms with van der Waals surface area (Å²) in [6, 6.07) is 8.37. The molecular weight excluding hydrogens is 326 g/mol. The quantitative estimate of drug-likeness (QED) is 0.579. The van der Waals surface area contributed by atoms with Crippen LogP contribution >= 0.6 is 0 Å². The minimum absolute atomic E-state index is 0.360. The highest BCUT2D eigenvalue weighted by molar-refractivity contribution is 5.79. The van der Waals surface area contributed by atoms with E-state index in [4.69, 9.17) is 9.47 Å². The summed E-state index contributed by atoms with van der Waals surface area (Å²) < 4.78 is 11.1. The Balaban J connectivity index is 1.52. The predicted octanol–water partition coefficient (Wildman–Crippen LogP) is 3.31. The number of nitrogens with one attached hydrogen (secondary N) is 2. The van der Waals surface area contributed by atoms with Gasteiger partial charge in [-0.1, -0.05) is 31.0 Å². The highest BCUT2D eigenvalue weighted by atomic mass is 16.5. The van der Waals surface area contributed by atoms with Crippen LogP contribution in [0, 0.1) is 5.41 Å². The third-order valence-corrected chi connectivity index (χ3v) is 5.95. The maximum Gasteiger partial charge on any atom is 0.191 e.